The maximum absolute atomic E-state index is 13.3. The molecule has 110 valence electrons. The SMILES string of the molecule is Fc1ccc(C2(c3ccccc3Cl)OC2n2ccnc2)cc1. The molecule has 3 aromatic rings. The number of hydrogen-bond donors (Lipinski definition) is 0. The Morgan fingerprint density at radius 2 is 1.91 bits per heavy atom. The number of hydrogen-bond acceptors (Lipinski definition) is 2. The van der Waals surface area contributed by atoms with Gasteiger partial charge in [0.1, 0.15) is 5.82 Å². The number of ether oxygens (including phenoxy) is 1. The Kier molecular flexibility index (Phi) is 3.03. The summed E-state index contributed by atoms with van der Waals surface area (Å²) in [6.45, 7) is 0. The van der Waals surface area contributed by atoms with Crippen LogP contribution in [-0.2, 0) is 10.3 Å². The number of halogens is 2. The Balaban J connectivity index is 1.87. The number of rotatable bonds is 3. The van der Waals surface area contributed by atoms with Gasteiger partial charge in [-0.1, -0.05) is 41.9 Å². The van der Waals surface area contributed by atoms with Crippen molar-refractivity contribution in [3.8, 4) is 0 Å². The minimum absolute atomic E-state index is 0.250. The van der Waals surface area contributed by atoms with E-state index in [0.717, 1.165) is 11.1 Å². The van der Waals surface area contributed by atoms with Gasteiger partial charge in [-0.2, -0.15) is 0 Å². The smallest absolute Gasteiger partial charge is 0.174 e. The van der Waals surface area contributed by atoms with Crippen molar-refractivity contribution in [1.29, 1.82) is 0 Å². The van der Waals surface area contributed by atoms with Crippen molar-refractivity contribution in [2.75, 3.05) is 0 Å². The topological polar surface area (TPSA) is 30.4 Å². The van der Waals surface area contributed by atoms with Crippen LogP contribution in [0.25, 0.3) is 0 Å². The molecule has 2 heterocycles. The van der Waals surface area contributed by atoms with E-state index in [1.807, 2.05) is 35.0 Å². The van der Waals surface area contributed by atoms with E-state index in [0.29, 0.717) is 5.02 Å². The lowest BCUT2D eigenvalue weighted by atomic mass is 9.90. The Hall–Kier alpha value is -2.17. The van der Waals surface area contributed by atoms with E-state index in [1.165, 1.54) is 12.1 Å². The second-order valence-corrected chi connectivity index (χ2v) is 5.61. The van der Waals surface area contributed by atoms with E-state index in [2.05, 4.69) is 4.98 Å². The standard InChI is InChI=1S/C17H12ClFN2O/c18-15-4-2-1-3-14(15)17(12-5-7-13(19)8-6-12)16(22-17)21-10-9-20-11-21/h1-11,16H. The van der Waals surface area contributed by atoms with E-state index in [1.54, 1.807) is 24.7 Å². The highest BCUT2D eigenvalue weighted by Gasteiger charge is 2.61. The van der Waals surface area contributed by atoms with Crippen LogP contribution >= 0.6 is 11.6 Å². The summed E-state index contributed by atoms with van der Waals surface area (Å²) in [5, 5.41) is 0.620. The zero-order valence-corrected chi connectivity index (χ0v) is 12.2. The fourth-order valence-electron chi connectivity index (χ4n) is 2.84. The second-order valence-electron chi connectivity index (χ2n) is 5.20. The molecule has 0 radical (unpaired) electrons. The third kappa shape index (κ3) is 1.95. The van der Waals surface area contributed by atoms with Crippen LogP contribution in [0.1, 0.15) is 17.4 Å². The van der Waals surface area contributed by atoms with Crippen molar-refractivity contribution in [1.82, 2.24) is 9.55 Å². The maximum atomic E-state index is 13.3. The van der Waals surface area contributed by atoms with Gasteiger partial charge >= 0.3 is 0 Å². The van der Waals surface area contributed by atoms with Gasteiger partial charge in [-0.15, -0.1) is 0 Å². The largest absolute Gasteiger partial charge is 0.333 e. The quantitative estimate of drug-likeness (QED) is 0.680. The lowest BCUT2D eigenvalue weighted by Crippen LogP contribution is -2.15. The average molecular weight is 315 g/mol. The first-order valence-corrected chi connectivity index (χ1v) is 7.26. The summed E-state index contributed by atoms with van der Waals surface area (Å²) < 4.78 is 21.2. The van der Waals surface area contributed by atoms with Gasteiger partial charge in [0.25, 0.3) is 0 Å². The molecule has 1 aliphatic rings. The first-order chi connectivity index (χ1) is 10.7. The monoisotopic (exact) mass is 314 g/mol. The molecule has 2 atom stereocenters. The molecule has 5 heteroatoms. The number of aromatic nitrogens is 2. The molecule has 0 N–H and O–H groups in total. The summed E-state index contributed by atoms with van der Waals surface area (Å²) in [6.07, 6.45) is 4.99. The summed E-state index contributed by atoms with van der Waals surface area (Å²) in [4.78, 5) is 4.06. The average Bonchev–Trinajstić information content (AvgIpc) is 3.04. The molecule has 2 aromatic carbocycles. The molecule has 0 spiro atoms. The van der Waals surface area contributed by atoms with Crippen molar-refractivity contribution in [3.05, 3.63) is 89.2 Å². The number of nitrogens with zero attached hydrogens (tertiary/aromatic N) is 2. The van der Waals surface area contributed by atoms with Crippen molar-refractivity contribution in [2.45, 2.75) is 11.8 Å². The molecule has 1 saturated heterocycles. The number of imidazole rings is 1. The van der Waals surface area contributed by atoms with Gasteiger partial charge in [-0.05, 0) is 23.8 Å². The molecule has 2 unspecified atom stereocenters. The highest BCUT2D eigenvalue weighted by atomic mass is 35.5. The van der Waals surface area contributed by atoms with Gasteiger partial charge in [0.2, 0.25) is 0 Å². The third-order valence-corrected chi connectivity index (χ3v) is 4.26. The summed E-state index contributed by atoms with van der Waals surface area (Å²) >= 11 is 6.38. The van der Waals surface area contributed by atoms with Crippen molar-refractivity contribution >= 4 is 11.6 Å². The molecule has 4 rings (SSSR count). The Labute approximate surface area is 131 Å². The maximum Gasteiger partial charge on any atom is 0.174 e. The molecule has 3 nitrogen and oxygen atoms in total. The fourth-order valence-corrected chi connectivity index (χ4v) is 3.12. The number of benzene rings is 2. The van der Waals surface area contributed by atoms with Gasteiger partial charge in [0.15, 0.2) is 11.8 Å². The highest BCUT2D eigenvalue weighted by molar-refractivity contribution is 6.31. The van der Waals surface area contributed by atoms with Crippen molar-refractivity contribution in [2.24, 2.45) is 0 Å². The minimum Gasteiger partial charge on any atom is -0.333 e. The van der Waals surface area contributed by atoms with E-state index < -0.39 is 5.60 Å². The predicted octanol–water partition coefficient (Wildman–Crippen LogP) is 4.15. The lowest BCUT2D eigenvalue weighted by molar-refractivity contribution is 0.304. The van der Waals surface area contributed by atoms with Crippen LogP contribution < -0.4 is 0 Å². The normalized spacial score (nSPS) is 23.5. The molecule has 0 aliphatic carbocycles. The molecule has 0 amide bonds. The molecule has 1 aromatic heterocycles. The van der Waals surface area contributed by atoms with Gasteiger partial charge < -0.3 is 9.30 Å². The van der Waals surface area contributed by atoms with Crippen LogP contribution in [0.15, 0.2) is 67.3 Å². The Bertz CT molecular complexity index is 804. The van der Waals surface area contributed by atoms with Gasteiger partial charge in [-0.25, -0.2) is 9.37 Å². The van der Waals surface area contributed by atoms with Crippen molar-refractivity contribution < 1.29 is 9.13 Å². The van der Waals surface area contributed by atoms with Gasteiger partial charge in [0.05, 0.1) is 6.33 Å². The summed E-state index contributed by atoms with van der Waals surface area (Å²) in [5.41, 5.74) is 1.01. The van der Waals surface area contributed by atoms with Crippen LogP contribution in [-0.4, -0.2) is 9.55 Å². The van der Waals surface area contributed by atoms with Crippen LogP contribution in [0.2, 0.25) is 5.02 Å². The molecule has 1 fully saturated rings. The molecule has 0 saturated carbocycles. The summed E-state index contributed by atoms with van der Waals surface area (Å²) in [5.74, 6) is -0.280. The van der Waals surface area contributed by atoms with E-state index in [4.69, 9.17) is 16.3 Å². The minimum atomic E-state index is -0.716. The first kappa shape index (κ1) is 13.5. The van der Waals surface area contributed by atoms with Crippen LogP contribution in [0.5, 0.6) is 0 Å². The van der Waals surface area contributed by atoms with Crippen LogP contribution in [0, 0.1) is 5.82 Å². The zero-order valence-electron chi connectivity index (χ0n) is 11.5. The first-order valence-electron chi connectivity index (χ1n) is 6.88. The Morgan fingerprint density at radius 1 is 1.14 bits per heavy atom. The van der Waals surface area contributed by atoms with Gasteiger partial charge in [0, 0.05) is 23.0 Å². The second kappa shape index (κ2) is 4.93. The lowest BCUT2D eigenvalue weighted by Gasteiger charge is -2.16. The molecule has 1 aliphatic heterocycles. The van der Waals surface area contributed by atoms with E-state index >= 15 is 0 Å². The third-order valence-electron chi connectivity index (χ3n) is 3.93. The fraction of sp³-hybridized carbons (Fsp3) is 0.118. The van der Waals surface area contributed by atoms with Crippen LogP contribution in [0.3, 0.4) is 0 Å². The van der Waals surface area contributed by atoms with E-state index in [-0.39, 0.29) is 12.0 Å². The molecular weight excluding hydrogens is 303 g/mol. The van der Waals surface area contributed by atoms with Crippen LogP contribution in [0.4, 0.5) is 4.39 Å². The van der Waals surface area contributed by atoms with Gasteiger partial charge in [-0.3, -0.25) is 0 Å². The molecular formula is C17H12ClFN2O. The van der Waals surface area contributed by atoms with E-state index in [9.17, 15) is 4.39 Å². The predicted molar refractivity (Wildman–Crippen MR) is 81.0 cm³/mol. The summed E-state index contributed by atoms with van der Waals surface area (Å²) in [6, 6.07) is 13.9. The van der Waals surface area contributed by atoms with Crippen molar-refractivity contribution in [3.63, 3.8) is 0 Å². The molecule has 0 bridgehead atoms. The highest BCUT2D eigenvalue weighted by Crippen LogP contribution is 2.59. The number of epoxide rings is 1. The summed E-state index contributed by atoms with van der Waals surface area (Å²) in [7, 11) is 0. The Morgan fingerprint density at radius 3 is 2.59 bits per heavy atom. The zero-order chi connectivity index (χ0) is 15.2. The molecule has 22 heavy (non-hydrogen) atoms.